The van der Waals surface area contributed by atoms with Gasteiger partial charge in [-0.2, -0.15) is 0 Å². The van der Waals surface area contributed by atoms with Crippen LogP contribution in [-0.2, 0) is 16.1 Å². The third-order valence-corrected chi connectivity index (χ3v) is 3.46. The molecule has 2 rings (SSSR count). The van der Waals surface area contributed by atoms with E-state index in [1.165, 1.54) is 7.11 Å². The number of methoxy groups -OCH3 is 1. The fraction of sp³-hybridized carbons (Fsp3) is 0.176. The number of nitrogens with one attached hydrogen (secondary N) is 2. The topological polar surface area (TPSA) is 67.4 Å². The lowest BCUT2D eigenvalue weighted by molar-refractivity contribution is -0.143. The van der Waals surface area contributed by atoms with Crippen molar-refractivity contribution in [1.29, 1.82) is 0 Å². The molecule has 120 valence electrons. The molecular weight excluding hydrogens is 316 g/mol. The Labute approximate surface area is 139 Å². The Morgan fingerprint density at radius 3 is 2.35 bits per heavy atom. The lowest BCUT2D eigenvalue weighted by Crippen LogP contribution is -2.41. The maximum atomic E-state index is 12.0. The van der Waals surface area contributed by atoms with Crippen molar-refractivity contribution in [3.8, 4) is 0 Å². The van der Waals surface area contributed by atoms with E-state index in [0.29, 0.717) is 17.1 Å². The van der Waals surface area contributed by atoms with Crippen molar-refractivity contribution in [3.63, 3.8) is 0 Å². The van der Waals surface area contributed by atoms with E-state index < -0.39 is 18.0 Å². The SMILES string of the molecule is COC(=O)C(NC(=O)NCc1ccc(Cl)cc1)c1ccccc1. The monoisotopic (exact) mass is 332 g/mol. The Balaban J connectivity index is 1.97. The van der Waals surface area contributed by atoms with Crippen molar-refractivity contribution in [3.05, 3.63) is 70.7 Å². The van der Waals surface area contributed by atoms with Crippen LogP contribution in [0.15, 0.2) is 54.6 Å². The van der Waals surface area contributed by atoms with E-state index in [1.54, 1.807) is 36.4 Å². The molecule has 23 heavy (non-hydrogen) atoms. The molecule has 0 spiro atoms. The quantitative estimate of drug-likeness (QED) is 0.827. The van der Waals surface area contributed by atoms with Crippen LogP contribution in [0.3, 0.4) is 0 Å². The summed E-state index contributed by atoms with van der Waals surface area (Å²) in [4.78, 5) is 23.9. The van der Waals surface area contributed by atoms with Crippen LogP contribution < -0.4 is 10.6 Å². The van der Waals surface area contributed by atoms with E-state index in [2.05, 4.69) is 10.6 Å². The fourth-order valence-electron chi connectivity index (χ4n) is 2.01. The average molecular weight is 333 g/mol. The summed E-state index contributed by atoms with van der Waals surface area (Å²) in [5.41, 5.74) is 1.56. The molecule has 0 fully saturated rings. The van der Waals surface area contributed by atoms with Gasteiger partial charge >= 0.3 is 12.0 Å². The summed E-state index contributed by atoms with van der Waals surface area (Å²) in [7, 11) is 1.28. The largest absolute Gasteiger partial charge is 0.467 e. The minimum absolute atomic E-state index is 0.325. The number of hydrogen-bond donors (Lipinski definition) is 2. The molecule has 0 radical (unpaired) electrons. The molecule has 0 aromatic heterocycles. The number of halogens is 1. The molecule has 1 atom stereocenters. The van der Waals surface area contributed by atoms with Gasteiger partial charge in [0.1, 0.15) is 0 Å². The lowest BCUT2D eigenvalue weighted by Gasteiger charge is -2.17. The van der Waals surface area contributed by atoms with Crippen LogP contribution in [0.5, 0.6) is 0 Å². The summed E-state index contributed by atoms with van der Waals surface area (Å²) in [5.74, 6) is -0.530. The molecule has 0 saturated carbocycles. The Hall–Kier alpha value is -2.53. The molecule has 0 aliphatic heterocycles. The van der Waals surface area contributed by atoms with Crippen molar-refractivity contribution >= 4 is 23.6 Å². The zero-order valence-corrected chi connectivity index (χ0v) is 13.3. The van der Waals surface area contributed by atoms with Crippen molar-refractivity contribution in [2.24, 2.45) is 0 Å². The van der Waals surface area contributed by atoms with Crippen molar-refractivity contribution in [2.75, 3.05) is 7.11 Å². The Morgan fingerprint density at radius 2 is 1.74 bits per heavy atom. The molecule has 5 nitrogen and oxygen atoms in total. The normalized spacial score (nSPS) is 11.4. The predicted octanol–water partition coefficient (Wildman–Crippen LogP) is 3.05. The second-order valence-corrected chi connectivity index (χ2v) is 5.26. The fourth-order valence-corrected chi connectivity index (χ4v) is 2.13. The molecule has 0 bridgehead atoms. The summed E-state index contributed by atoms with van der Waals surface area (Å²) >= 11 is 5.81. The molecule has 0 saturated heterocycles. The number of carbonyl (C=O) groups excluding carboxylic acids is 2. The zero-order chi connectivity index (χ0) is 16.7. The van der Waals surface area contributed by atoms with Gasteiger partial charge in [0, 0.05) is 11.6 Å². The first-order chi connectivity index (χ1) is 11.1. The Kier molecular flexibility index (Phi) is 6.00. The van der Waals surface area contributed by atoms with Gasteiger partial charge in [0.25, 0.3) is 0 Å². The summed E-state index contributed by atoms with van der Waals surface area (Å²) in [6.45, 7) is 0.325. The van der Waals surface area contributed by atoms with Crippen LogP contribution in [0.25, 0.3) is 0 Å². The molecule has 2 N–H and O–H groups in total. The van der Waals surface area contributed by atoms with Gasteiger partial charge in [-0.05, 0) is 23.3 Å². The average Bonchev–Trinajstić information content (AvgIpc) is 2.59. The summed E-state index contributed by atoms with van der Waals surface area (Å²) in [6, 6.07) is 14.7. The highest BCUT2D eigenvalue weighted by Gasteiger charge is 2.23. The number of urea groups is 1. The molecule has 2 amide bonds. The minimum atomic E-state index is -0.855. The van der Waals surface area contributed by atoms with Gasteiger partial charge in [0.2, 0.25) is 0 Å². The van der Waals surface area contributed by atoms with E-state index in [1.807, 2.05) is 18.2 Å². The van der Waals surface area contributed by atoms with Crippen molar-refractivity contribution in [2.45, 2.75) is 12.6 Å². The maximum absolute atomic E-state index is 12.0. The van der Waals surface area contributed by atoms with Crippen LogP contribution in [-0.4, -0.2) is 19.1 Å². The second kappa shape index (κ2) is 8.19. The first kappa shape index (κ1) is 16.8. The highest BCUT2D eigenvalue weighted by molar-refractivity contribution is 6.30. The van der Waals surface area contributed by atoms with Gasteiger partial charge in [-0.25, -0.2) is 9.59 Å². The molecule has 0 aliphatic rings. The van der Waals surface area contributed by atoms with Gasteiger partial charge < -0.3 is 15.4 Å². The summed E-state index contributed by atoms with van der Waals surface area (Å²) in [5, 5.41) is 5.94. The number of rotatable bonds is 5. The second-order valence-electron chi connectivity index (χ2n) is 4.82. The highest BCUT2D eigenvalue weighted by Crippen LogP contribution is 2.14. The van der Waals surface area contributed by atoms with Crippen molar-refractivity contribution in [1.82, 2.24) is 10.6 Å². The van der Waals surface area contributed by atoms with Gasteiger partial charge in [0.15, 0.2) is 6.04 Å². The maximum Gasteiger partial charge on any atom is 0.333 e. The molecule has 0 heterocycles. The van der Waals surface area contributed by atoms with E-state index in [0.717, 1.165) is 5.56 Å². The number of amides is 2. The van der Waals surface area contributed by atoms with Crippen LogP contribution >= 0.6 is 11.6 Å². The van der Waals surface area contributed by atoms with Crippen LogP contribution in [0.1, 0.15) is 17.2 Å². The van der Waals surface area contributed by atoms with Crippen LogP contribution in [0, 0.1) is 0 Å². The number of hydrogen-bond acceptors (Lipinski definition) is 3. The predicted molar refractivity (Wildman–Crippen MR) is 88.0 cm³/mol. The zero-order valence-electron chi connectivity index (χ0n) is 12.6. The molecule has 2 aromatic carbocycles. The summed E-state index contributed by atoms with van der Waals surface area (Å²) < 4.78 is 4.75. The van der Waals surface area contributed by atoms with Crippen molar-refractivity contribution < 1.29 is 14.3 Å². The number of carbonyl (C=O) groups is 2. The first-order valence-electron chi connectivity index (χ1n) is 7.01. The Morgan fingerprint density at radius 1 is 1.09 bits per heavy atom. The molecule has 2 aromatic rings. The molecule has 1 unspecified atom stereocenters. The van der Waals surface area contributed by atoms with E-state index in [9.17, 15) is 9.59 Å². The Bertz CT molecular complexity index is 659. The summed E-state index contributed by atoms with van der Waals surface area (Å²) in [6.07, 6.45) is 0. The third-order valence-electron chi connectivity index (χ3n) is 3.21. The smallest absolute Gasteiger partial charge is 0.333 e. The number of benzene rings is 2. The van der Waals surface area contributed by atoms with Gasteiger partial charge in [-0.3, -0.25) is 0 Å². The standard InChI is InChI=1S/C17H17ClN2O3/c1-23-16(21)15(13-5-3-2-4-6-13)20-17(22)19-11-12-7-9-14(18)10-8-12/h2-10,15H,11H2,1H3,(H2,19,20,22). The van der Waals surface area contributed by atoms with Crippen LogP contribution in [0.2, 0.25) is 5.02 Å². The molecular formula is C17H17ClN2O3. The van der Waals surface area contributed by atoms with E-state index in [4.69, 9.17) is 16.3 Å². The molecule has 0 aliphatic carbocycles. The van der Waals surface area contributed by atoms with E-state index in [-0.39, 0.29) is 0 Å². The third kappa shape index (κ3) is 5.00. The minimum Gasteiger partial charge on any atom is -0.467 e. The highest BCUT2D eigenvalue weighted by atomic mass is 35.5. The number of esters is 1. The van der Waals surface area contributed by atoms with Gasteiger partial charge in [-0.15, -0.1) is 0 Å². The lowest BCUT2D eigenvalue weighted by atomic mass is 10.1. The van der Waals surface area contributed by atoms with Gasteiger partial charge in [0.05, 0.1) is 7.11 Å². The molecule has 6 heteroatoms. The van der Waals surface area contributed by atoms with Crippen LogP contribution in [0.4, 0.5) is 4.79 Å². The van der Waals surface area contributed by atoms with Gasteiger partial charge in [-0.1, -0.05) is 54.1 Å². The van der Waals surface area contributed by atoms with E-state index >= 15 is 0 Å². The number of ether oxygens (including phenoxy) is 1. The first-order valence-corrected chi connectivity index (χ1v) is 7.39.